The summed E-state index contributed by atoms with van der Waals surface area (Å²) >= 11 is 5.14. The summed E-state index contributed by atoms with van der Waals surface area (Å²) in [7, 11) is 0. The van der Waals surface area contributed by atoms with Gasteiger partial charge in [0, 0.05) is 37.6 Å². The molecule has 0 aromatic carbocycles. The third-order valence-corrected chi connectivity index (χ3v) is 5.74. The summed E-state index contributed by atoms with van der Waals surface area (Å²) in [5, 5.41) is 0. The molecule has 0 amide bonds. The van der Waals surface area contributed by atoms with Gasteiger partial charge in [-0.15, -0.1) is 0 Å². The van der Waals surface area contributed by atoms with Crippen molar-refractivity contribution in [3.8, 4) is 0 Å². The van der Waals surface area contributed by atoms with E-state index in [9.17, 15) is 0 Å². The van der Waals surface area contributed by atoms with E-state index < -0.39 is 0 Å². The second-order valence-electron chi connectivity index (χ2n) is 7.17. The molecule has 1 saturated carbocycles. The number of nitrogens with zero attached hydrogens (tertiary/aromatic N) is 2. The average molecular weight is 298 g/mol. The maximum Gasteiger partial charge on any atom is 0.0784 e. The van der Waals surface area contributed by atoms with E-state index in [1.807, 2.05) is 0 Å². The van der Waals surface area contributed by atoms with Gasteiger partial charge in [0.2, 0.25) is 0 Å². The minimum Gasteiger partial charge on any atom is -0.393 e. The first-order valence-electron chi connectivity index (χ1n) is 8.25. The molecule has 20 heavy (non-hydrogen) atoms. The van der Waals surface area contributed by atoms with Crippen LogP contribution in [0.2, 0.25) is 0 Å². The third-order valence-electron chi connectivity index (χ3n) is 5.19. The SMILES string of the molecule is CC(C)(CCCN1CCN(C2CCCC2)CC1)C(N)=S. The first-order chi connectivity index (χ1) is 9.49. The molecule has 0 radical (unpaired) electrons. The summed E-state index contributed by atoms with van der Waals surface area (Å²) in [4.78, 5) is 5.99. The van der Waals surface area contributed by atoms with E-state index in [4.69, 9.17) is 18.0 Å². The van der Waals surface area contributed by atoms with Gasteiger partial charge in [0.1, 0.15) is 0 Å². The van der Waals surface area contributed by atoms with Crippen LogP contribution in [0.15, 0.2) is 0 Å². The lowest BCUT2D eigenvalue weighted by atomic mass is 9.88. The van der Waals surface area contributed by atoms with Gasteiger partial charge in [-0.3, -0.25) is 4.90 Å². The molecule has 0 unspecified atom stereocenters. The summed E-state index contributed by atoms with van der Waals surface area (Å²) < 4.78 is 0. The van der Waals surface area contributed by atoms with Gasteiger partial charge in [-0.2, -0.15) is 0 Å². The molecule has 2 fully saturated rings. The molecule has 1 aliphatic carbocycles. The van der Waals surface area contributed by atoms with Crippen molar-refractivity contribution in [2.45, 2.75) is 58.4 Å². The summed E-state index contributed by atoms with van der Waals surface area (Å²) in [6.45, 7) is 10.5. The molecule has 1 heterocycles. The summed E-state index contributed by atoms with van der Waals surface area (Å²) in [6, 6.07) is 0.894. The maximum atomic E-state index is 5.79. The average Bonchev–Trinajstić information content (AvgIpc) is 2.93. The molecule has 2 aliphatic rings. The van der Waals surface area contributed by atoms with Crippen LogP contribution >= 0.6 is 12.2 Å². The molecule has 2 rings (SSSR count). The number of hydrogen-bond donors (Lipinski definition) is 1. The topological polar surface area (TPSA) is 32.5 Å². The quantitative estimate of drug-likeness (QED) is 0.764. The van der Waals surface area contributed by atoms with E-state index in [1.54, 1.807) is 0 Å². The van der Waals surface area contributed by atoms with Crippen molar-refractivity contribution in [3.05, 3.63) is 0 Å². The summed E-state index contributed by atoms with van der Waals surface area (Å²) in [5.74, 6) is 0. The van der Waals surface area contributed by atoms with Crippen molar-refractivity contribution in [1.29, 1.82) is 0 Å². The molecule has 0 bridgehead atoms. The Morgan fingerprint density at radius 2 is 1.75 bits per heavy atom. The Labute approximate surface area is 129 Å². The van der Waals surface area contributed by atoms with E-state index in [1.165, 1.54) is 64.8 Å². The van der Waals surface area contributed by atoms with Crippen molar-refractivity contribution in [1.82, 2.24) is 9.80 Å². The van der Waals surface area contributed by atoms with Crippen LogP contribution in [-0.2, 0) is 0 Å². The van der Waals surface area contributed by atoms with Crippen LogP contribution in [0.3, 0.4) is 0 Å². The minimum absolute atomic E-state index is 0.0149. The monoisotopic (exact) mass is 297 g/mol. The van der Waals surface area contributed by atoms with Crippen molar-refractivity contribution >= 4 is 17.2 Å². The van der Waals surface area contributed by atoms with Crippen LogP contribution < -0.4 is 5.73 Å². The fraction of sp³-hybridized carbons (Fsp3) is 0.938. The Bertz CT molecular complexity index is 316. The van der Waals surface area contributed by atoms with Crippen molar-refractivity contribution < 1.29 is 0 Å². The van der Waals surface area contributed by atoms with E-state index in [0.29, 0.717) is 4.99 Å². The van der Waals surface area contributed by atoms with Gasteiger partial charge in [-0.1, -0.05) is 38.9 Å². The van der Waals surface area contributed by atoms with E-state index in [-0.39, 0.29) is 5.41 Å². The van der Waals surface area contributed by atoms with Gasteiger partial charge < -0.3 is 10.6 Å². The molecular formula is C16H31N3S. The number of hydrogen-bond acceptors (Lipinski definition) is 3. The Morgan fingerprint density at radius 1 is 1.15 bits per heavy atom. The summed E-state index contributed by atoms with van der Waals surface area (Å²) in [5.41, 5.74) is 5.80. The van der Waals surface area contributed by atoms with Crippen LogP contribution in [0.1, 0.15) is 52.4 Å². The molecule has 3 nitrogen and oxygen atoms in total. The highest BCUT2D eigenvalue weighted by Crippen LogP contribution is 2.25. The van der Waals surface area contributed by atoms with Gasteiger partial charge >= 0.3 is 0 Å². The fourth-order valence-corrected chi connectivity index (χ4v) is 3.59. The lowest BCUT2D eigenvalue weighted by Gasteiger charge is -2.38. The third kappa shape index (κ3) is 4.40. The standard InChI is InChI=1S/C16H31N3S/c1-16(2,15(17)20)8-5-9-18-10-12-19(13-11-18)14-6-3-4-7-14/h14H,3-13H2,1-2H3,(H2,17,20). The molecular weight excluding hydrogens is 266 g/mol. The zero-order valence-electron chi connectivity index (χ0n) is 13.2. The molecule has 116 valence electrons. The van der Waals surface area contributed by atoms with Crippen molar-refractivity contribution in [3.63, 3.8) is 0 Å². The molecule has 0 atom stereocenters. The first kappa shape index (κ1) is 16.2. The fourth-order valence-electron chi connectivity index (χ4n) is 3.49. The van der Waals surface area contributed by atoms with Gasteiger partial charge in [0.05, 0.1) is 4.99 Å². The van der Waals surface area contributed by atoms with E-state index >= 15 is 0 Å². The summed E-state index contributed by atoms with van der Waals surface area (Å²) in [6.07, 6.45) is 8.06. The molecule has 1 saturated heterocycles. The lowest BCUT2D eigenvalue weighted by Crippen LogP contribution is -2.49. The Hall–Kier alpha value is -0.190. The van der Waals surface area contributed by atoms with Crippen LogP contribution in [0.5, 0.6) is 0 Å². The second-order valence-corrected chi connectivity index (χ2v) is 7.61. The highest BCUT2D eigenvalue weighted by Gasteiger charge is 2.26. The van der Waals surface area contributed by atoms with Gasteiger partial charge in [-0.25, -0.2) is 0 Å². The van der Waals surface area contributed by atoms with Gasteiger partial charge in [0.25, 0.3) is 0 Å². The minimum atomic E-state index is 0.0149. The predicted molar refractivity (Wildman–Crippen MR) is 90.1 cm³/mol. The number of piperazine rings is 1. The highest BCUT2D eigenvalue weighted by atomic mass is 32.1. The molecule has 4 heteroatoms. The number of nitrogens with two attached hydrogens (primary N) is 1. The molecule has 2 N–H and O–H groups in total. The lowest BCUT2D eigenvalue weighted by molar-refractivity contribution is 0.0957. The Kier molecular flexibility index (Phi) is 5.82. The molecule has 0 aromatic heterocycles. The predicted octanol–water partition coefficient (Wildman–Crippen LogP) is 2.64. The molecule has 1 aliphatic heterocycles. The molecule has 0 aromatic rings. The largest absolute Gasteiger partial charge is 0.393 e. The Morgan fingerprint density at radius 3 is 2.30 bits per heavy atom. The number of rotatable bonds is 6. The smallest absolute Gasteiger partial charge is 0.0784 e. The maximum absolute atomic E-state index is 5.79. The zero-order chi connectivity index (χ0) is 14.6. The molecule has 0 spiro atoms. The van der Waals surface area contributed by atoms with Gasteiger partial charge in [-0.05, 0) is 32.2 Å². The van der Waals surface area contributed by atoms with Crippen LogP contribution in [0.25, 0.3) is 0 Å². The van der Waals surface area contributed by atoms with E-state index in [2.05, 4.69) is 23.6 Å². The zero-order valence-corrected chi connectivity index (χ0v) is 14.1. The van der Waals surface area contributed by atoms with Crippen LogP contribution in [-0.4, -0.2) is 53.6 Å². The van der Waals surface area contributed by atoms with Crippen molar-refractivity contribution in [2.24, 2.45) is 11.1 Å². The normalized spacial score (nSPS) is 23.3. The Balaban J connectivity index is 1.63. The van der Waals surface area contributed by atoms with Gasteiger partial charge in [0.15, 0.2) is 0 Å². The van der Waals surface area contributed by atoms with Crippen LogP contribution in [0.4, 0.5) is 0 Å². The second kappa shape index (κ2) is 7.19. The van der Waals surface area contributed by atoms with Crippen LogP contribution in [0, 0.1) is 5.41 Å². The number of thiocarbonyl (C=S) groups is 1. The van der Waals surface area contributed by atoms with Crippen molar-refractivity contribution in [2.75, 3.05) is 32.7 Å². The van der Waals surface area contributed by atoms with E-state index in [0.717, 1.165) is 12.5 Å². The first-order valence-corrected chi connectivity index (χ1v) is 8.66. The highest BCUT2D eigenvalue weighted by molar-refractivity contribution is 7.80.